The zero-order valence-corrected chi connectivity index (χ0v) is 19.8. The first kappa shape index (κ1) is 25.2. The van der Waals surface area contributed by atoms with E-state index in [1.165, 1.54) is 23.6 Å². The molecule has 2 aromatic rings. The minimum atomic E-state index is -4.79. The summed E-state index contributed by atoms with van der Waals surface area (Å²) in [5, 5.41) is 9.59. The van der Waals surface area contributed by atoms with Gasteiger partial charge in [0.2, 0.25) is 5.91 Å². The molecule has 176 valence electrons. The van der Waals surface area contributed by atoms with E-state index in [0.29, 0.717) is 28.6 Å². The van der Waals surface area contributed by atoms with Crippen LogP contribution < -0.4 is 5.32 Å². The molecule has 0 saturated heterocycles. The van der Waals surface area contributed by atoms with Gasteiger partial charge in [-0.15, -0.1) is 11.3 Å². The van der Waals surface area contributed by atoms with Gasteiger partial charge in [-0.25, -0.2) is 0 Å². The van der Waals surface area contributed by atoms with Gasteiger partial charge in [0.05, 0.1) is 23.0 Å². The number of fused-ring (bicyclic) bond motifs is 1. The number of quaternary nitrogens is 1. The van der Waals surface area contributed by atoms with Crippen LogP contribution in [0, 0.1) is 5.41 Å². The molecule has 1 amide bonds. The van der Waals surface area contributed by atoms with E-state index in [1.54, 1.807) is 34.5 Å². The van der Waals surface area contributed by atoms with E-state index in [-0.39, 0.29) is 23.9 Å². The van der Waals surface area contributed by atoms with E-state index in [9.17, 15) is 18.0 Å². The molecule has 9 heteroatoms. The van der Waals surface area contributed by atoms with Crippen LogP contribution in [0.4, 0.5) is 13.2 Å². The molecule has 0 unspecified atom stereocenters. The SMILES string of the molecule is C=CC(=O)N1Cc2sc(Cl)cc2[C@@H](c2ccccc2/C(=C/[NH2+]CCCC)C(=N)C(F)(F)F)C1. The molecule has 0 bridgehead atoms. The van der Waals surface area contributed by atoms with Crippen LogP contribution in [0.15, 0.2) is 49.2 Å². The molecule has 2 heterocycles. The molecular weight excluding hydrogens is 471 g/mol. The summed E-state index contributed by atoms with van der Waals surface area (Å²) in [5.41, 5.74) is 0.293. The number of amides is 1. The summed E-state index contributed by atoms with van der Waals surface area (Å²) in [6, 6.07) is 8.62. The zero-order chi connectivity index (χ0) is 24.2. The number of thiophene rings is 1. The number of rotatable bonds is 8. The van der Waals surface area contributed by atoms with E-state index in [4.69, 9.17) is 17.0 Å². The lowest BCUT2D eigenvalue weighted by Crippen LogP contribution is -2.78. The van der Waals surface area contributed by atoms with Crippen LogP contribution in [0.1, 0.15) is 47.3 Å². The summed E-state index contributed by atoms with van der Waals surface area (Å²) in [7, 11) is 0. The number of hydrogen-bond donors (Lipinski definition) is 2. The lowest BCUT2D eigenvalue weighted by molar-refractivity contribution is -0.587. The molecule has 1 aliphatic heterocycles. The molecule has 0 fully saturated rings. The van der Waals surface area contributed by atoms with Crippen LogP contribution in [0.3, 0.4) is 0 Å². The van der Waals surface area contributed by atoms with Gasteiger partial charge in [-0.1, -0.05) is 55.8 Å². The van der Waals surface area contributed by atoms with Crippen LogP contribution in [0.2, 0.25) is 4.34 Å². The Balaban J connectivity index is 2.12. The molecule has 3 rings (SSSR count). The maximum Gasteiger partial charge on any atom is 0.433 e. The summed E-state index contributed by atoms with van der Waals surface area (Å²) in [6.45, 7) is 6.86. The highest BCUT2D eigenvalue weighted by atomic mass is 35.5. The van der Waals surface area contributed by atoms with Crippen molar-refractivity contribution in [3.05, 3.63) is 75.1 Å². The average Bonchev–Trinajstić information content (AvgIpc) is 3.17. The third-order valence-electron chi connectivity index (χ3n) is 5.60. The molecule has 3 N–H and O–H groups in total. The van der Waals surface area contributed by atoms with Crippen molar-refractivity contribution in [2.45, 2.75) is 38.4 Å². The van der Waals surface area contributed by atoms with Crippen molar-refractivity contribution in [3.63, 3.8) is 0 Å². The highest BCUT2D eigenvalue weighted by molar-refractivity contribution is 7.16. The van der Waals surface area contributed by atoms with Crippen molar-refractivity contribution in [1.82, 2.24) is 4.90 Å². The molecule has 0 saturated carbocycles. The zero-order valence-electron chi connectivity index (χ0n) is 18.2. The van der Waals surface area contributed by atoms with Gasteiger partial charge in [-0.2, -0.15) is 13.2 Å². The Morgan fingerprint density at radius 2 is 2.09 bits per heavy atom. The van der Waals surface area contributed by atoms with Crippen molar-refractivity contribution >= 4 is 40.1 Å². The predicted octanol–water partition coefficient (Wildman–Crippen LogP) is 5.35. The number of nitrogens with zero attached hydrogens (tertiary/aromatic N) is 1. The van der Waals surface area contributed by atoms with E-state index < -0.39 is 11.9 Å². The third kappa shape index (κ3) is 5.75. The predicted molar refractivity (Wildman–Crippen MR) is 127 cm³/mol. The summed E-state index contributed by atoms with van der Waals surface area (Å²) >= 11 is 7.63. The van der Waals surface area contributed by atoms with Gasteiger partial charge in [0.25, 0.3) is 0 Å². The number of hydrogen-bond acceptors (Lipinski definition) is 3. The summed E-state index contributed by atoms with van der Waals surface area (Å²) in [5.74, 6) is -0.628. The Kier molecular flexibility index (Phi) is 8.15. The molecule has 33 heavy (non-hydrogen) atoms. The van der Waals surface area contributed by atoms with Gasteiger partial charge >= 0.3 is 6.18 Å². The van der Waals surface area contributed by atoms with Gasteiger partial charge in [0, 0.05) is 17.3 Å². The number of benzene rings is 1. The number of nitrogens with one attached hydrogen (secondary N) is 1. The number of carbonyl (C=O) groups excluding carboxylic acids is 1. The van der Waals surface area contributed by atoms with E-state index in [0.717, 1.165) is 23.3 Å². The Hall–Kier alpha value is -2.42. The first-order chi connectivity index (χ1) is 15.7. The van der Waals surface area contributed by atoms with Crippen LogP contribution in [-0.4, -0.2) is 35.8 Å². The van der Waals surface area contributed by atoms with Gasteiger partial charge < -0.3 is 10.2 Å². The molecule has 1 atom stereocenters. The lowest BCUT2D eigenvalue weighted by Gasteiger charge is -2.33. The monoisotopic (exact) mass is 496 g/mol. The molecule has 1 aromatic heterocycles. The normalized spacial score (nSPS) is 16.5. The topological polar surface area (TPSA) is 60.8 Å². The minimum absolute atomic E-state index is 0.177. The fraction of sp³-hybridized carbons (Fsp3) is 0.333. The Labute approximate surface area is 200 Å². The van der Waals surface area contributed by atoms with Crippen molar-refractivity contribution in [3.8, 4) is 0 Å². The second-order valence-electron chi connectivity index (χ2n) is 7.82. The molecule has 4 nitrogen and oxygen atoms in total. The molecule has 0 spiro atoms. The van der Waals surface area contributed by atoms with Gasteiger partial charge in [0.1, 0.15) is 11.9 Å². The molecule has 0 aliphatic carbocycles. The molecule has 1 aliphatic rings. The van der Waals surface area contributed by atoms with Crippen LogP contribution in [0.25, 0.3) is 5.57 Å². The summed E-state index contributed by atoms with van der Waals surface area (Å²) in [4.78, 5) is 14.9. The van der Waals surface area contributed by atoms with E-state index in [1.807, 2.05) is 13.0 Å². The fourth-order valence-corrected chi connectivity index (χ4v) is 5.33. The number of alkyl halides is 3. The summed E-state index contributed by atoms with van der Waals surface area (Å²) in [6.07, 6.45) is -0.379. The number of allylic oxidation sites excluding steroid dienone is 1. The molecular formula is C24H26ClF3N3OS+. The Morgan fingerprint density at radius 3 is 2.76 bits per heavy atom. The van der Waals surface area contributed by atoms with Crippen molar-refractivity contribution in [2.75, 3.05) is 13.1 Å². The first-order valence-electron chi connectivity index (χ1n) is 10.7. The standard InChI is InChI=1S/C24H25ClF3N3OS/c1-3-5-10-30-12-18(23(29)24(26,27)28)15-8-6-7-9-16(15)19-13-31(22(32)4-2)14-20-17(19)11-21(25)33-20/h4,6-9,11-12,19,29-30H,2-3,5,10,13-14H2,1H3/p+1/b18-12-,29-23?/t19-/m1/s1. The second kappa shape index (κ2) is 10.7. The van der Waals surface area contributed by atoms with Crippen molar-refractivity contribution < 1.29 is 23.3 Å². The maximum absolute atomic E-state index is 13.6. The first-order valence-corrected chi connectivity index (χ1v) is 11.8. The van der Waals surface area contributed by atoms with Crippen LogP contribution >= 0.6 is 22.9 Å². The summed E-state index contributed by atoms with van der Waals surface area (Å²) < 4.78 is 41.5. The highest BCUT2D eigenvalue weighted by Crippen LogP contribution is 2.42. The maximum atomic E-state index is 13.6. The van der Waals surface area contributed by atoms with Crippen molar-refractivity contribution in [1.29, 1.82) is 5.41 Å². The van der Waals surface area contributed by atoms with Gasteiger partial charge in [-0.05, 0) is 35.3 Å². The van der Waals surface area contributed by atoms with E-state index >= 15 is 0 Å². The lowest BCUT2D eigenvalue weighted by atomic mass is 9.83. The number of halogens is 4. The molecule has 0 radical (unpaired) electrons. The second-order valence-corrected chi connectivity index (χ2v) is 9.59. The fourth-order valence-electron chi connectivity index (χ4n) is 3.98. The van der Waals surface area contributed by atoms with Crippen LogP contribution in [-0.2, 0) is 11.3 Å². The average molecular weight is 497 g/mol. The highest BCUT2D eigenvalue weighted by Gasteiger charge is 2.39. The van der Waals surface area contributed by atoms with Gasteiger partial charge in [-0.3, -0.25) is 10.2 Å². The minimum Gasteiger partial charge on any atom is -0.333 e. The number of unbranched alkanes of at least 4 members (excludes halogenated alkanes) is 1. The number of nitrogens with two attached hydrogens (primary N) is 1. The van der Waals surface area contributed by atoms with Crippen LogP contribution in [0.5, 0.6) is 0 Å². The smallest absolute Gasteiger partial charge is 0.333 e. The Bertz CT molecular complexity index is 1080. The van der Waals surface area contributed by atoms with Crippen molar-refractivity contribution in [2.24, 2.45) is 0 Å². The largest absolute Gasteiger partial charge is 0.433 e. The quantitative estimate of drug-likeness (QED) is 0.289. The number of carbonyl (C=O) groups is 1. The van der Waals surface area contributed by atoms with E-state index in [2.05, 4.69) is 6.58 Å². The third-order valence-corrected chi connectivity index (χ3v) is 6.86. The Morgan fingerprint density at radius 1 is 1.36 bits per heavy atom. The van der Waals surface area contributed by atoms with Gasteiger partial charge in [0.15, 0.2) is 0 Å². The molecule has 1 aromatic carbocycles.